The van der Waals surface area contributed by atoms with E-state index in [4.69, 9.17) is 0 Å². The van der Waals surface area contributed by atoms with Gasteiger partial charge in [0.15, 0.2) is 0 Å². The molecule has 2 aromatic rings. The van der Waals surface area contributed by atoms with Crippen molar-refractivity contribution in [1.82, 2.24) is 5.32 Å². The summed E-state index contributed by atoms with van der Waals surface area (Å²) >= 11 is 3.37. The molecular formula is C17H18BrF2N. The van der Waals surface area contributed by atoms with Gasteiger partial charge in [0.05, 0.1) is 0 Å². The van der Waals surface area contributed by atoms with E-state index < -0.39 is 0 Å². The summed E-state index contributed by atoms with van der Waals surface area (Å²) in [4.78, 5) is 0. The molecule has 21 heavy (non-hydrogen) atoms. The van der Waals surface area contributed by atoms with Gasteiger partial charge in [-0.15, -0.1) is 0 Å². The predicted molar refractivity (Wildman–Crippen MR) is 85.4 cm³/mol. The number of likely N-dealkylation sites (N-methyl/N-ethyl adjacent to an activating group) is 1. The Morgan fingerprint density at radius 3 is 2.48 bits per heavy atom. The lowest BCUT2D eigenvalue weighted by Gasteiger charge is -2.19. The zero-order valence-corrected chi connectivity index (χ0v) is 13.7. The molecule has 2 rings (SSSR count). The van der Waals surface area contributed by atoms with Crippen molar-refractivity contribution in [3.05, 3.63) is 69.2 Å². The normalized spacial score (nSPS) is 12.4. The number of rotatable bonds is 5. The van der Waals surface area contributed by atoms with E-state index in [2.05, 4.69) is 21.2 Å². The average molecular weight is 354 g/mol. The van der Waals surface area contributed by atoms with Crippen LogP contribution in [0.5, 0.6) is 0 Å². The van der Waals surface area contributed by atoms with E-state index >= 15 is 0 Å². The molecule has 0 saturated carbocycles. The minimum Gasteiger partial charge on any atom is -0.310 e. The van der Waals surface area contributed by atoms with Crippen molar-refractivity contribution in [2.24, 2.45) is 0 Å². The van der Waals surface area contributed by atoms with Gasteiger partial charge in [0, 0.05) is 10.5 Å². The van der Waals surface area contributed by atoms with Crippen molar-refractivity contribution >= 4 is 15.9 Å². The second-order valence-corrected chi connectivity index (χ2v) is 5.97. The molecule has 0 aromatic heterocycles. The molecule has 2 aromatic carbocycles. The van der Waals surface area contributed by atoms with Gasteiger partial charge in [-0.3, -0.25) is 0 Å². The van der Waals surface area contributed by atoms with E-state index in [1.807, 2.05) is 13.0 Å². The molecule has 0 radical (unpaired) electrons. The third-order valence-corrected chi connectivity index (χ3v) is 3.96. The van der Waals surface area contributed by atoms with Crippen LogP contribution in [-0.4, -0.2) is 6.54 Å². The summed E-state index contributed by atoms with van der Waals surface area (Å²) in [7, 11) is 0. The summed E-state index contributed by atoms with van der Waals surface area (Å²) < 4.78 is 28.2. The van der Waals surface area contributed by atoms with Crippen molar-refractivity contribution in [2.45, 2.75) is 26.3 Å². The van der Waals surface area contributed by atoms with Crippen LogP contribution < -0.4 is 5.32 Å². The number of aryl methyl sites for hydroxylation is 1. The van der Waals surface area contributed by atoms with Crippen LogP contribution in [0.1, 0.15) is 29.7 Å². The van der Waals surface area contributed by atoms with Gasteiger partial charge in [-0.05, 0) is 60.8 Å². The smallest absolute Gasteiger partial charge is 0.126 e. The van der Waals surface area contributed by atoms with E-state index in [9.17, 15) is 8.78 Å². The van der Waals surface area contributed by atoms with Crippen LogP contribution in [0.4, 0.5) is 8.78 Å². The fourth-order valence-electron chi connectivity index (χ4n) is 2.36. The van der Waals surface area contributed by atoms with Gasteiger partial charge in [-0.1, -0.05) is 35.0 Å². The van der Waals surface area contributed by atoms with Crippen LogP contribution >= 0.6 is 15.9 Å². The first kappa shape index (κ1) is 16.1. The Morgan fingerprint density at radius 1 is 1.10 bits per heavy atom. The molecule has 4 heteroatoms. The average Bonchev–Trinajstić information content (AvgIpc) is 2.45. The molecule has 1 unspecified atom stereocenters. The van der Waals surface area contributed by atoms with Gasteiger partial charge in [0.1, 0.15) is 11.6 Å². The third kappa shape index (κ3) is 4.11. The molecule has 112 valence electrons. The van der Waals surface area contributed by atoms with E-state index in [0.29, 0.717) is 17.5 Å². The summed E-state index contributed by atoms with van der Waals surface area (Å²) in [6.07, 6.45) is 0.518. The highest BCUT2D eigenvalue weighted by Gasteiger charge is 2.15. The first-order valence-electron chi connectivity index (χ1n) is 6.94. The molecule has 1 atom stereocenters. The standard InChI is InChI=1S/C17H18BrF2N/c1-3-21-17(12-4-6-15(19)11(2)8-12)10-13-9-14(18)5-7-16(13)20/h4-9,17,21H,3,10H2,1-2H3. The van der Waals surface area contributed by atoms with Crippen LogP contribution in [0.15, 0.2) is 40.9 Å². The lowest BCUT2D eigenvalue weighted by Crippen LogP contribution is -2.23. The van der Waals surface area contributed by atoms with E-state index in [0.717, 1.165) is 16.6 Å². The van der Waals surface area contributed by atoms with Crippen LogP contribution in [0.2, 0.25) is 0 Å². The fraction of sp³-hybridized carbons (Fsp3) is 0.294. The number of benzene rings is 2. The molecule has 0 bridgehead atoms. The highest BCUT2D eigenvalue weighted by Crippen LogP contribution is 2.24. The van der Waals surface area contributed by atoms with Crippen LogP contribution in [0, 0.1) is 18.6 Å². The minimum absolute atomic E-state index is 0.0434. The van der Waals surface area contributed by atoms with Crippen molar-refractivity contribution in [3.63, 3.8) is 0 Å². The first-order valence-corrected chi connectivity index (χ1v) is 7.74. The molecule has 0 aliphatic carbocycles. The molecule has 0 spiro atoms. The monoisotopic (exact) mass is 353 g/mol. The van der Waals surface area contributed by atoms with Crippen LogP contribution in [0.3, 0.4) is 0 Å². The summed E-state index contributed by atoms with van der Waals surface area (Å²) in [5, 5.41) is 3.34. The van der Waals surface area contributed by atoms with Crippen molar-refractivity contribution in [1.29, 1.82) is 0 Å². The molecule has 0 fully saturated rings. The fourth-order valence-corrected chi connectivity index (χ4v) is 2.77. The summed E-state index contributed by atoms with van der Waals surface area (Å²) in [6, 6.07) is 9.92. The maximum Gasteiger partial charge on any atom is 0.126 e. The number of hydrogen-bond acceptors (Lipinski definition) is 1. The van der Waals surface area contributed by atoms with E-state index in [-0.39, 0.29) is 17.7 Å². The molecule has 1 N–H and O–H groups in total. The van der Waals surface area contributed by atoms with E-state index in [1.165, 1.54) is 12.1 Å². The number of halogens is 3. The molecule has 1 nitrogen and oxygen atoms in total. The molecule has 0 heterocycles. The van der Waals surface area contributed by atoms with Gasteiger partial charge in [0.2, 0.25) is 0 Å². The minimum atomic E-state index is -0.222. The summed E-state index contributed by atoms with van der Waals surface area (Å²) in [5.41, 5.74) is 2.21. The second kappa shape index (κ2) is 7.14. The molecule has 0 saturated heterocycles. The Labute approximate surface area is 132 Å². The highest BCUT2D eigenvalue weighted by molar-refractivity contribution is 9.10. The lowest BCUT2D eigenvalue weighted by atomic mass is 9.97. The van der Waals surface area contributed by atoms with Crippen LogP contribution in [0.25, 0.3) is 0 Å². The van der Waals surface area contributed by atoms with Crippen molar-refractivity contribution in [2.75, 3.05) is 6.54 Å². The van der Waals surface area contributed by atoms with Crippen molar-refractivity contribution < 1.29 is 8.78 Å². The van der Waals surface area contributed by atoms with Crippen LogP contribution in [-0.2, 0) is 6.42 Å². The molecule has 0 aliphatic rings. The molecule has 0 aliphatic heterocycles. The van der Waals surface area contributed by atoms with Gasteiger partial charge in [0.25, 0.3) is 0 Å². The first-order chi connectivity index (χ1) is 10.0. The predicted octanol–water partition coefficient (Wildman–Crippen LogP) is 4.93. The Balaban J connectivity index is 2.30. The lowest BCUT2D eigenvalue weighted by molar-refractivity contribution is 0.525. The van der Waals surface area contributed by atoms with Gasteiger partial charge in [-0.25, -0.2) is 8.78 Å². The Morgan fingerprint density at radius 2 is 1.81 bits per heavy atom. The third-order valence-electron chi connectivity index (χ3n) is 3.47. The largest absolute Gasteiger partial charge is 0.310 e. The second-order valence-electron chi connectivity index (χ2n) is 5.06. The van der Waals surface area contributed by atoms with Gasteiger partial charge >= 0.3 is 0 Å². The summed E-state index contributed by atoms with van der Waals surface area (Å²) in [5.74, 6) is -0.442. The number of hydrogen-bond donors (Lipinski definition) is 1. The quantitative estimate of drug-likeness (QED) is 0.803. The Bertz CT molecular complexity index is 628. The van der Waals surface area contributed by atoms with Gasteiger partial charge < -0.3 is 5.32 Å². The van der Waals surface area contributed by atoms with E-state index in [1.54, 1.807) is 25.1 Å². The zero-order chi connectivity index (χ0) is 15.4. The SMILES string of the molecule is CCNC(Cc1cc(Br)ccc1F)c1ccc(F)c(C)c1. The highest BCUT2D eigenvalue weighted by atomic mass is 79.9. The maximum absolute atomic E-state index is 13.9. The number of nitrogens with one attached hydrogen (secondary N) is 1. The zero-order valence-electron chi connectivity index (χ0n) is 12.1. The Hall–Kier alpha value is -1.26. The summed E-state index contributed by atoms with van der Waals surface area (Å²) in [6.45, 7) is 4.50. The molecular weight excluding hydrogens is 336 g/mol. The maximum atomic E-state index is 13.9. The molecule has 0 amide bonds. The Kier molecular flexibility index (Phi) is 5.48. The van der Waals surface area contributed by atoms with Gasteiger partial charge in [-0.2, -0.15) is 0 Å². The van der Waals surface area contributed by atoms with Crippen molar-refractivity contribution in [3.8, 4) is 0 Å². The topological polar surface area (TPSA) is 12.0 Å².